The van der Waals surface area contributed by atoms with E-state index in [1.54, 1.807) is 7.05 Å². The van der Waals surface area contributed by atoms with Gasteiger partial charge in [-0.25, -0.2) is 8.42 Å². The van der Waals surface area contributed by atoms with E-state index in [-0.39, 0.29) is 29.7 Å². The van der Waals surface area contributed by atoms with Crippen molar-refractivity contribution in [2.75, 3.05) is 19.8 Å². The minimum atomic E-state index is -3.00. The van der Waals surface area contributed by atoms with Gasteiger partial charge in [-0.15, -0.1) is 24.0 Å². The molecule has 0 aliphatic heterocycles. The van der Waals surface area contributed by atoms with Gasteiger partial charge in [0, 0.05) is 26.4 Å². The Morgan fingerprint density at radius 2 is 1.56 bits per heavy atom. The number of rotatable bonds is 8. The summed E-state index contributed by atoms with van der Waals surface area (Å²) in [5, 5.41) is 6.58. The Morgan fingerprint density at radius 1 is 0.926 bits per heavy atom. The van der Waals surface area contributed by atoms with Crippen LogP contribution in [0.2, 0.25) is 0 Å². The highest BCUT2D eigenvalue weighted by molar-refractivity contribution is 14.0. The zero-order valence-corrected chi connectivity index (χ0v) is 19.0. The van der Waals surface area contributed by atoms with Gasteiger partial charge in [-0.05, 0) is 29.5 Å². The van der Waals surface area contributed by atoms with Crippen LogP contribution in [0.25, 0.3) is 0 Å². The fourth-order valence-corrected chi connectivity index (χ4v) is 3.40. The van der Waals surface area contributed by atoms with Crippen LogP contribution in [-0.2, 0) is 28.6 Å². The summed E-state index contributed by atoms with van der Waals surface area (Å²) >= 11 is 0. The van der Waals surface area contributed by atoms with Gasteiger partial charge in [0.2, 0.25) is 0 Å². The molecule has 0 bridgehead atoms. The van der Waals surface area contributed by atoms with Crippen molar-refractivity contribution < 1.29 is 8.42 Å². The van der Waals surface area contributed by atoms with Crippen LogP contribution >= 0.6 is 24.0 Å². The molecular formula is C20H28IN3O2S. The van der Waals surface area contributed by atoms with Crippen molar-refractivity contribution in [1.29, 1.82) is 0 Å². The summed E-state index contributed by atoms with van der Waals surface area (Å²) in [6.45, 7) is 1.49. The molecule has 0 fully saturated rings. The summed E-state index contributed by atoms with van der Waals surface area (Å²) in [5.74, 6) is 0.837. The summed E-state index contributed by atoms with van der Waals surface area (Å²) in [7, 11) is -1.25. The van der Waals surface area contributed by atoms with Gasteiger partial charge in [0.1, 0.15) is 0 Å². The van der Waals surface area contributed by atoms with Crippen LogP contribution in [0.15, 0.2) is 59.6 Å². The number of nitrogens with one attached hydrogen (secondary N) is 2. The number of hydrogen-bond donors (Lipinski definition) is 2. The molecule has 2 rings (SSSR count). The van der Waals surface area contributed by atoms with Crippen LogP contribution < -0.4 is 10.6 Å². The molecule has 0 aliphatic rings. The van der Waals surface area contributed by atoms with E-state index in [0.29, 0.717) is 6.54 Å². The highest BCUT2D eigenvalue weighted by Gasteiger charge is 2.04. The standard InChI is InChI=1S/C20H27N3O2S.HI/c1-21-20(22-14-6-9-17-7-4-3-5-8-17)23-15-18-10-12-19(13-11-18)16-26(2,24)25;/h3-5,7-8,10-13H,6,9,14-16H2,1-2H3,(H2,21,22,23);1H. The molecule has 2 aromatic rings. The summed E-state index contributed by atoms with van der Waals surface area (Å²) < 4.78 is 22.6. The lowest BCUT2D eigenvalue weighted by Crippen LogP contribution is -2.37. The Morgan fingerprint density at radius 3 is 2.15 bits per heavy atom. The van der Waals surface area contributed by atoms with Crippen molar-refractivity contribution in [3.05, 3.63) is 71.3 Å². The van der Waals surface area contributed by atoms with Gasteiger partial charge in [0.05, 0.1) is 5.75 Å². The van der Waals surface area contributed by atoms with Gasteiger partial charge in [-0.3, -0.25) is 4.99 Å². The average molecular weight is 501 g/mol. The minimum absolute atomic E-state index is 0. The van der Waals surface area contributed by atoms with Gasteiger partial charge in [-0.2, -0.15) is 0 Å². The highest BCUT2D eigenvalue weighted by atomic mass is 127. The first-order valence-corrected chi connectivity index (χ1v) is 10.8. The van der Waals surface area contributed by atoms with Gasteiger partial charge in [0.25, 0.3) is 0 Å². The van der Waals surface area contributed by atoms with Crippen LogP contribution in [-0.4, -0.2) is 34.2 Å². The van der Waals surface area contributed by atoms with E-state index in [4.69, 9.17) is 0 Å². The Kier molecular flexibility index (Phi) is 10.4. The second-order valence-corrected chi connectivity index (χ2v) is 8.47. The number of benzene rings is 2. The third kappa shape index (κ3) is 9.76. The first kappa shape index (κ1) is 23.4. The minimum Gasteiger partial charge on any atom is -0.356 e. The summed E-state index contributed by atoms with van der Waals surface area (Å²) in [6, 6.07) is 18.0. The molecule has 0 radical (unpaired) electrons. The molecule has 0 heterocycles. The van der Waals surface area contributed by atoms with Crippen LogP contribution in [0, 0.1) is 0 Å². The first-order valence-electron chi connectivity index (χ1n) is 8.70. The normalized spacial score (nSPS) is 11.6. The smallest absolute Gasteiger partial charge is 0.191 e. The molecule has 0 saturated heterocycles. The Hall–Kier alpha value is -1.61. The molecule has 5 nitrogen and oxygen atoms in total. The number of aryl methyl sites for hydroxylation is 1. The molecule has 0 unspecified atom stereocenters. The number of aliphatic imine (C=N–C) groups is 1. The Labute approximate surface area is 179 Å². The lowest BCUT2D eigenvalue weighted by atomic mass is 10.1. The maximum Gasteiger partial charge on any atom is 0.191 e. The summed E-state index contributed by atoms with van der Waals surface area (Å²) in [4.78, 5) is 4.23. The number of sulfone groups is 1. The zero-order valence-electron chi connectivity index (χ0n) is 15.8. The fraction of sp³-hybridized carbons (Fsp3) is 0.350. The van der Waals surface area contributed by atoms with Crippen molar-refractivity contribution >= 4 is 39.8 Å². The van der Waals surface area contributed by atoms with Crippen molar-refractivity contribution in [2.45, 2.75) is 25.1 Å². The summed E-state index contributed by atoms with van der Waals surface area (Å²) in [5.41, 5.74) is 3.22. The van der Waals surface area contributed by atoms with E-state index >= 15 is 0 Å². The molecule has 0 atom stereocenters. The van der Waals surface area contributed by atoms with Crippen molar-refractivity contribution in [2.24, 2.45) is 4.99 Å². The maximum atomic E-state index is 11.3. The van der Waals surface area contributed by atoms with Crippen LogP contribution in [0.1, 0.15) is 23.1 Å². The lowest BCUT2D eigenvalue weighted by molar-refractivity contribution is 0.601. The molecule has 2 N–H and O–H groups in total. The van der Waals surface area contributed by atoms with E-state index in [2.05, 4.69) is 39.9 Å². The lowest BCUT2D eigenvalue weighted by Gasteiger charge is -2.12. The van der Waals surface area contributed by atoms with Gasteiger partial charge >= 0.3 is 0 Å². The van der Waals surface area contributed by atoms with Gasteiger partial charge < -0.3 is 10.6 Å². The average Bonchev–Trinajstić information content (AvgIpc) is 2.62. The highest BCUT2D eigenvalue weighted by Crippen LogP contribution is 2.07. The fourth-order valence-electron chi connectivity index (χ4n) is 2.61. The van der Waals surface area contributed by atoms with Gasteiger partial charge in [0.15, 0.2) is 15.8 Å². The van der Waals surface area contributed by atoms with E-state index in [1.807, 2.05) is 30.3 Å². The monoisotopic (exact) mass is 501 g/mol. The molecule has 148 valence electrons. The molecule has 2 aromatic carbocycles. The topological polar surface area (TPSA) is 70.6 Å². The SMILES string of the molecule is CN=C(NCCCc1ccccc1)NCc1ccc(CS(C)(=O)=O)cc1.I. The second-order valence-electron chi connectivity index (χ2n) is 6.33. The van der Waals surface area contributed by atoms with Crippen molar-refractivity contribution in [3.8, 4) is 0 Å². The molecule has 0 amide bonds. The number of halogens is 1. The Bertz CT molecular complexity index is 807. The van der Waals surface area contributed by atoms with Crippen LogP contribution in [0.4, 0.5) is 0 Å². The van der Waals surface area contributed by atoms with E-state index in [0.717, 1.165) is 36.5 Å². The predicted octanol–water partition coefficient (Wildman–Crippen LogP) is 3.15. The number of hydrogen-bond acceptors (Lipinski definition) is 3. The molecular weight excluding hydrogens is 473 g/mol. The Balaban J connectivity index is 0.00000364. The number of nitrogens with zero attached hydrogens (tertiary/aromatic N) is 1. The first-order chi connectivity index (χ1) is 12.5. The van der Waals surface area contributed by atoms with E-state index in [9.17, 15) is 8.42 Å². The number of guanidine groups is 1. The third-order valence-electron chi connectivity index (χ3n) is 3.91. The molecule has 0 spiro atoms. The quantitative estimate of drug-likeness (QED) is 0.253. The van der Waals surface area contributed by atoms with Crippen molar-refractivity contribution in [3.63, 3.8) is 0 Å². The predicted molar refractivity (Wildman–Crippen MR) is 123 cm³/mol. The molecule has 0 aromatic heterocycles. The molecule has 0 saturated carbocycles. The van der Waals surface area contributed by atoms with E-state index < -0.39 is 9.84 Å². The largest absolute Gasteiger partial charge is 0.356 e. The molecule has 7 heteroatoms. The van der Waals surface area contributed by atoms with Crippen LogP contribution in [0.3, 0.4) is 0 Å². The molecule has 0 aliphatic carbocycles. The summed E-state index contributed by atoms with van der Waals surface area (Å²) in [6.07, 6.45) is 3.31. The third-order valence-corrected chi connectivity index (χ3v) is 4.77. The second kappa shape index (κ2) is 12.0. The van der Waals surface area contributed by atoms with E-state index in [1.165, 1.54) is 11.8 Å². The maximum absolute atomic E-state index is 11.3. The van der Waals surface area contributed by atoms with Crippen LogP contribution in [0.5, 0.6) is 0 Å². The van der Waals surface area contributed by atoms with Crippen molar-refractivity contribution in [1.82, 2.24) is 10.6 Å². The van der Waals surface area contributed by atoms with Gasteiger partial charge in [-0.1, -0.05) is 54.6 Å². The molecule has 27 heavy (non-hydrogen) atoms. The zero-order chi connectivity index (χ0) is 18.8.